The Labute approximate surface area is 170 Å². The molecule has 0 bridgehead atoms. The fourth-order valence-corrected chi connectivity index (χ4v) is 3.69. The van der Waals surface area contributed by atoms with Crippen LogP contribution in [0.4, 0.5) is 11.4 Å². The molecule has 2 aliphatic rings. The van der Waals surface area contributed by atoms with Crippen molar-refractivity contribution in [2.45, 2.75) is 12.5 Å². The van der Waals surface area contributed by atoms with Crippen LogP contribution in [-0.2, 0) is 9.59 Å². The van der Waals surface area contributed by atoms with Gasteiger partial charge in [-0.25, -0.2) is 0 Å². The summed E-state index contributed by atoms with van der Waals surface area (Å²) in [6.07, 6.45) is 0.0915. The molecule has 0 radical (unpaired) electrons. The lowest BCUT2D eigenvalue weighted by Gasteiger charge is -2.18. The van der Waals surface area contributed by atoms with Gasteiger partial charge < -0.3 is 10.2 Å². The van der Waals surface area contributed by atoms with Gasteiger partial charge in [0.15, 0.2) is 0 Å². The normalized spacial score (nSPS) is 18.0. The predicted octanol–water partition coefficient (Wildman–Crippen LogP) is 1.11. The summed E-state index contributed by atoms with van der Waals surface area (Å²) in [5.74, 6) is -2.42. The van der Waals surface area contributed by atoms with Crippen molar-refractivity contribution in [2.24, 2.45) is 0 Å². The Bertz CT molecular complexity index is 1080. The van der Waals surface area contributed by atoms with Crippen LogP contribution in [0, 0.1) is 10.1 Å². The Kier molecular flexibility index (Phi) is 4.74. The third kappa shape index (κ3) is 3.28. The molecule has 2 aromatic carbocycles. The molecule has 2 aromatic rings. The molecule has 2 aliphatic heterocycles. The van der Waals surface area contributed by atoms with Crippen molar-refractivity contribution in [2.75, 3.05) is 18.0 Å². The molecular weight excluding hydrogens is 392 g/mol. The van der Waals surface area contributed by atoms with Gasteiger partial charge in [0.2, 0.25) is 11.8 Å². The molecule has 30 heavy (non-hydrogen) atoms. The highest BCUT2D eigenvalue weighted by molar-refractivity contribution is 6.24. The van der Waals surface area contributed by atoms with E-state index in [0.717, 1.165) is 6.07 Å². The number of anilines is 1. The van der Waals surface area contributed by atoms with Crippen molar-refractivity contribution >= 4 is 35.0 Å². The Morgan fingerprint density at radius 2 is 1.80 bits per heavy atom. The third-order valence-electron chi connectivity index (χ3n) is 5.03. The molecule has 1 saturated heterocycles. The summed E-state index contributed by atoms with van der Waals surface area (Å²) in [5, 5.41) is 13.8. The topological polar surface area (TPSA) is 130 Å². The summed E-state index contributed by atoms with van der Waals surface area (Å²) >= 11 is 0. The Hall–Kier alpha value is -4.08. The first-order valence-electron chi connectivity index (χ1n) is 9.15. The first kappa shape index (κ1) is 19.2. The van der Waals surface area contributed by atoms with Crippen molar-refractivity contribution in [3.05, 3.63) is 69.8 Å². The number of rotatable bonds is 5. The van der Waals surface area contributed by atoms with Crippen molar-refractivity contribution < 1.29 is 24.1 Å². The van der Waals surface area contributed by atoms with E-state index in [4.69, 9.17) is 0 Å². The van der Waals surface area contributed by atoms with Gasteiger partial charge in [-0.2, -0.15) is 0 Å². The van der Waals surface area contributed by atoms with Gasteiger partial charge in [0.25, 0.3) is 17.5 Å². The second kappa shape index (κ2) is 7.39. The van der Waals surface area contributed by atoms with E-state index in [1.807, 2.05) is 6.07 Å². The van der Waals surface area contributed by atoms with E-state index < -0.39 is 40.9 Å². The largest absolute Gasteiger partial charge is 0.349 e. The Morgan fingerprint density at radius 3 is 2.50 bits per heavy atom. The fourth-order valence-electron chi connectivity index (χ4n) is 3.69. The summed E-state index contributed by atoms with van der Waals surface area (Å²) < 4.78 is 0. The summed E-state index contributed by atoms with van der Waals surface area (Å²) in [7, 11) is 0. The minimum Gasteiger partial charge on any atom is -0.349 e. The highest BCUT2D eigenvalue weighted by atomic mass is 16.6. The number of nitro benzene ring substituents is 1. The average molecular weight is 408 g/mol. The minimum absolute atomic E-state index is 0.0915. The van der Waals surface area contributed by atoms with Crippen molar-refractivity contribution in [3.63, 3.8) is 0 Å². The van der Waals surface area contributed by atoms with Crippen molar-refractivity contribution in [1.82, 2.24) is 10.2 Å². The van der Waals surface area contributed by atoms with Crippen LogP contribution >= 0.6 is 0 Å². The molecule has 10 nitrogen and oxygen atoms in total. The first-order valence-corrected chi connectivity index (χ1v) is 9.15. The molecule has 152 valence electrons. The number of benzene rings is 2. The summed E-state index contributed by atoms with van der Waals surface area (Å²) in [6, 6.07) is 12.3. The second-order valence-electron chi connectivity index (χ2n) is 6.96. The van der Waals surface area contributed by atoms with Crippen LogP contribution in [0.1, 0.15) is 27.1 Å². The summed E-state index contributed by atoms with van der Waals surface area (Å²) in [4.78, 5) is 62.4. The van der Waals surface area contributed by atoms with E-state index in [1.165, 1.54) is 12.1 Å². The molecule has 0 saturated carbocycles. The van der Waals surface area contributed by atoms with Gasteiger partial charge in [0.05, 0.1) is 16.5 Å². The lowest BCUT2D eigenvalue weighted by molar-refractivity contribution is -0.385. The van der Waals surface area contributed by atoms with Gasteiger partial charge >= 0.3 is 0 Å². The number of carbonyl (C=O) groups excluding carboxylic acids is 4. The SMILES string of the molecule is O=C(CN1C(=O)c2cccc([N+](=O)[O-])c2C1=O)N[C@@H]1CC(=O)N(c2ccccc2)C1. The van der Waals surface area contributed by atoms with E-state index in [0.29, 0.717) is 10.6 Å². The molecule has 1 atom stereocenters. The van der Waals surface area contributed by atoms with Crippen LogP contribution in [0.25, 0.3) is 0 Å². The molecule has 4 rings (SSSR count). The lowest BCUT2D eigenvalue weighted by Crippen LogP contribution is -2.45. The first-order chi connectivity index (χ1) is 14.4. The van der Waals surface area contributed by atoms with Crippen LogP contribution in [0.15, 0.2) is 48.5 Å². The van der Waals surface area contributed by atoms with E-state index in [-0.39, 0.29) is 30.0 Å². The molecule has 2 heterocycles. The number of nitro groups is 1. The second-order valence-corrected chi connectivity index (χ2v) is 6.96. The third-order valence-corrected chi connectivity index (χ3v) is 5.03. The molecule has 0 aromatic heterocycles. The van der Waals surface area contributed by atoms with E-state index in [9.17, 15) is 29.3 Å². The van der Waals surface area contributed by atoms with Gasteiger partial charge in [-0.05, 0) is 18.2 Å². The van der Waals surface area contributed by atoms with Crippen LogP contribution in [-0.4, -0.2) is 52.6 Å². The quantitative estimate of drug-likeness (QED) is 0.448. The monoisotopic (exact) mass is 408 g/mol. The molecule has 1 N–H and O–H groups in total. The average Bonchev–Trinajstić information content (AvgIpc) is 3.21. The van der Waals surface area contributed by atoms with Crippen LogP contribution in [0.2, 0.25) is 0 Å². The van der Waals surface area contributed by atoms with Crippen LogP contribution in [0.5, 0.6) is 0 Å². The zero-order chi connectivity index (χ0) is 21.4. The van der Waals surface area contributed by atoms with Gasteiger partial charge in [-0.15, -0.1) is 0 Å². The zero-order valence-corrected chi connectivity index (χ0v) is 15.6. The van der Waals surface area contributed by atoms with Gasteiger partial charge in [-0.1, -0.05) is 24.3 Å². The Balaban J connectivity index is 1.43. The Morgan fingerprint density at radius 1 is 1.07 bits per heavy atom. The van der Waals surface area contributed by atoms with Crippen molar-refractivity contribution in [1.29, 1.82) is 0 Å². The van der Waals surface area contributed by atoms with Gasteiger partial charge in [0, 0.05) is 24.7 Å². The molecule has 0 spiro atoms. The highest BCUT2D eigenvalue weighted by Crippen LogP contribution is 2.30. The minimum atomic E-state index is -0.883. The molecule has 1 fully saturated rings. The van der Waals surface area contributed by atoms with Crippen LogP contribution in [0.3, 0.4) is 0 Å². The predicted molar refractivity (Wildman–Crippen MR) is 104 cm³/mol. The van der Waals surface area contributed by atoms with Crippen molar-refractivity contribution in [3.8, 4) is 0 Å². The van der Waals surface area contributed by atoms with Gasteiger partial charge in [-0.3, -0.25) is 34.2 Å². The zero-order valence-electron chi connectivity index (χ0n) is 15.6. The number of hydrogen-bond acceptors (Lipinski definition) is 6. The maximum atomic E-state index is 12.6. The van der Waals surface area contributed by atoms with E-state index in [1.54, 1.807) is 29.2 Å². The molecule has 4 amide bonds. The van der Waals surface area contributed by atoms with E-state index in [2.05, 4.69) is 5.32 Å². The smallest absolute Gasteiger partial charge is 0.282 e. The number of nitrogens with one attached hydrogen (secondary N) is 1. The maximum absolute atomic E-state index is 12.6. The lowest BCUT2D eigenvalue weighted by atomic mass is 10.1. The van der Waals surface area contributed by atoms with Gasteiger partial charge in [0.1, 0.15) is 12.1 Å². The number of amides is 4. The number of nitrogens with zero attached hydrogens (tertiary/aromatic N) is 3. The highest BCUT2D eigenvalue weighted by Gasteiger charge is 2.42. The molecule has 10 heteroatoms. The number of hydrogen-bond donors (Lipinski definition) is 1. The summed E-state index contributed by atoms with van der Waals surface area (Å²) in [6.45, 7) is -0.318. The molecule has 0 aliphatic carbocycles. The number of imide groups is 1. The maximum Gasteiger partial charge on any atom is 0.282 e. The summed E-state index contributed by atoms with van der Waals surface area (Å²) in [5.41, 5.74) is -0.180. The number of para-hydroxylation sites is 1. The number of carbonyl (C=O) groups is 4. The van der Waals surface area contributed by atoms with E-state index >= 15 is 0 Å². The van der Waals surface area contributed by atoms with Crippen LogP contribution < -0.4 is 10.2 Å². The standard InChI is InChI=1S/C20H16N4O6/c25-16(21-12-9-17(26)22(10-12)13-5-2-1-3-6-13)11-23-19(27)14-7-4-8-15(24(29)30)18(14)20(23)28/h1-8,12H,9-11H2,(H,21,25)/t12-/m1/s1. The number of fused-ring (bicyclic) bond motifs is 1. The molecule has 0 unspecified atom stereocenters. The fraction of sp³-hybridized carbons (Fsp3) is 0.200. The molecular formula is C20H16N4O6.